The Kier molecular flexibility index (Phi) is 14.8. The Labute approximate surface area is 355 Å². The maximum Gasteiger partial charge on any atom is 0.339 e. The van der Waals surface area contributed by atoms with Crippen LogP contribution in [0, 0.1) is 17.2 Å². The number of anilines is 3. The molecule has 0 heterocycles. The minimum absolute atomic E-state index is 0.00618. The van der Waals surface area contributed by atoms with Gasteiger partial charge in [0, 0.05) is 36.1 Å². The van der Waals surface area contributed by atoms with Gasteiger partial charge in [-0.3, -0.25) is 24.0 Å². The van der Waals surface area contributed by atoms with E-state index in [0.717, 1.165) is 18.7 Å². The molecule has 0 aliphatic heterocycles. The van der Waals surface area contributed by atoms with Crippen LogP contribution in [0.15, 0.2) is 109 Å². The Morgan fingerprint density at radius 3 is 1.82 bits per heavy atom. The van der Waals surface area contributed by atoms with Crippen molar-refractivity contribution >= 4 is 58.4 Å². The van der Waals surface area contributed by atoms with Crippen molar-refractivity contribution in [1.29, 1.82) is 5.26 Å². The van der Waals surface area contributed by atoms with Gasteiger partial charge in [0.1, 0.15) is 5.56 Å². The van der Waals surface area contributed by atoms with E-state index in [9.17, 15) is 49.3 Å². The van der Waals surface area contributed by atoms with Crippen LogP contribution < -0.4 is 25.4 Å². The van der Waals surface area contributed by atoms with E-state index < -0.39 is 46.7 Å². The molecule has 0 unspecified atom stereocenters. The van der Waals surface area contributed by atoms with Crippen molar-refractivity contribution in [3.63, 3.8) is 0 Å². The number of allylic oxidation sites excluding steroid dienone is 1. The van der Waals surface area contributed by atoms with Crippen molar-refractivity contribution in [3.05, 3.63) is 142 Å². The number of phenols is 2. The van der Waals surface area contributed by atoms with Gasteiger partial charge in [0.15, 0.2) is 34.5 Å². The average molecular weight is 841 g/mol. The van der Waals surface area contributed by atoms with Gasteiger partial charge >= 0.3 is 5.97 Å². The maximum absolute atomic E-state index is 13.2. The average Bonchev–Trinajstić information content (AvgIpc) is 3.26. The van der Waals surface area contributed by atoms with Crippen molar-refractivity contribution in [2.24, 2.45) is 5.92 Å². The number of nitrogens with one attached hydrogen (secondary N) is 3. The summed E-state index contributed by atoms with van der Waals surface area (Å²) in [5.74, 6) is -6.93. The van der Waals surface area contributed by atoms with E-state index in [2.05, 4.69) is 16.0 Å². The molecule has 0 radical (unpaired) electrons. The number of aromatic hydroxyl groups is 2. The fourth-order valence-corrected chi connectivity index (χ4v) is 6.19. The van der Waals surface area contributed by atoms with Crippen molar-refractivity contribution in [3.8, 4) is 29.1 Å². The number of carboxylic acids is 1. The number of ether oxygens (including phenoxy) is 3. The largest absolute Gasteiger partial charge is 0.504 e. The molecular weight excluding hydrogens is 801 g/mol. The van der Waals surface area contributed by atoms with Crippen LogP contribution in [0.4, 0.5) is 17.1 Å². The first kappa shape index (κ1) is 44.6. The number of carboxylic acid groups (broad SMARTS) is 1. The fraction of sp³-hybridized carbons (Fsp3) is 0.152. The van der Waals surface area contributed by atoms with E-state index in [4.69, 9.17) is 14.2 Å². The molecule has 62 heavy (non-hydrogen) atoms. The number of rotatable bonds is 18. The number of phenolic OH excluding ortho intramolecular Hbond substituents is 1. The van der Waals surface area contributed by atoms with Crippen LogP contribution in [0.25, 0.3) is 6.08 Å². The number of hydrogen-bond acceptors (Lipinski definition) is 12. The fourth-order valence-electron chi connectivity index (χ4n) is 6.19. The quantitative estimate of drug-likeness (QED) is 0.0300. The van der Waals surface area contributed by atoms with Crippen molar-refractivity contribution in [2.45, 2.75) is 19.3 Å². The van der Waals surface area contributed by atoms with E-state index in [-0.39, 0.29) is 76.3 Å². The molecule has 0 spiro atoms. The number of amides is 3. The molecule has 0 saturated heterocycles. The van der Waals surface area contributed by atoms with Crippen molar-refractivity contribution in [1.82, 2.24) is 0 Å². The van der Waals surface area contributed by atoms with Crippen LogP contribution in [0.1, 0.15) is 65.4 Å². The monoisotopic (exact) mass is 840 g/mol. The molecule has 0 saturated carbocycles. The lowest BCUT2D eigenvalue weighted by Gasteiger charge is -2.16. The number of methoxy groups -OCH3 is 3. The number of nitriles is 1. The van der Waals surface area contributed by atoms with E-state index in [1.165, 1.54) is 56.7 Å². The first-order valence-electron chi connectivity index (χ1n) is 18.7. The zero-order valence-corrected chi connectivity index (χ0v) is 33.6. The van der Waals surface area contributed by atoms with Gasteiger partial charge in [0.05, 0.1) is 50.3 Å². The van der Waals surface area contributed by atoms with Crippen LogP contribution in [0.5, 0.6) is 23.0 Å². The Morgan fingerprint density at radius 1 is 0.694 bits per heavy atom. The van der Waals surface area contributed by atoms with E-state index >= 15 is 0 Å². The number of aromatic carboxylic acids is 1. The number of hydrogen-bond donors (Lipinski definition) is 6. The highest BCUT2D eigenvalue weighted by atomic mass is 16.5. The van der Waals surface area contributed by atoms with Crippen molar-refractivity contribution < 1.29 is 58.3 Å². The maximum atomic E-state index is 13.2. The van der Waals surface area contributed by atoms with Crippen LogP contribution in [0.3, 0.4) is 0 Å². The number of carbonyl (C=O) groups is 6. The highest BCUT2D eigenvalue weighted by molar-refractivity contribution is 6.10. The predicted molar refractivity (Wildman–Crippen MR) is 227 cm³/mol. The third-order valence-electron chi connectivity index (χ3n) is 9.43. The van der Waals surface area contributed by atoms with Crippen LogP contribution in [0.2, 0.25) is 0 Å². The number of carbonyl (C=O) groups excluding carboxylic acids is 5. The second-order valence-corrected chi connectivity index (χ2v) is 13.5. The summed E-state index contributed by atoms with van der Waals surface area (Å²) in [7, 11) is 3.78. The lowest BCUT2D eigenvalue weighted by molar-refractivity contribution is -0.120. The second-order valence-electron chi connectivity index (χ2n) is 13.5. The molecule has 5 rings (SSSR count). The van der Waals surface area contributed by atoms with Crippen LogP contribution in [-0.4, -0.2) is 71.9 Å². The zero-order chi connectivity index (χ0) is 44.9. The van der Waals surface area contributed by atoms with Gasteiger partial charge in [0.2, 0.25) is 11.7 Å². The second kappa shape index (κ2) is 20.5. The normalized spacial score (nSPS) is 11.3. The highest BCUT2D eigenvalue weighted by Gasteiger charge is 2.25. The Balaban J connectivity index is 1.19. The minimum Gasteiger partial charge on any atom is -0.504 e. The number of benzene rings is 5. The molecule has 0 aliphatic carbocycles. The molecule has 316 valence electrons. The Morgan fingerprint density at radius 2 is 1.26 bits per heavy atom. The van der Waals surface area contributed by atoms with Gasteiger partial charge in [0.25, 0.3) is 11.8 Å². The minimum atomic E-state index is -1.42. The topological polar surface area (TPSA) is 251 Å². The number of nitrogens with zero attached hydrogens (tertiary/aromatic N) is 1. The third kappa shape index (κ3) is 10.8. The van der Waals surface area contributed by atoms with E-state index in [1.54, 1.807) is 30.3 Å². The summed E-state index contributed by atoms with van der Waals surface area (Å²) in [5.41, 5.74) is 1.31. The molecule has 0 aromatic heterocycles. The number of Topliss-reactive ketones (excluding diaryl/α,β-unsaturated/α-hetero) is 2. The summed E-state index contributed by atoms with van der Waals surface area (Å²) in [6.45, 7) is 0. The summed E-state index contributed by atoms with van der Waals surface area (Å²) in [4.78, 5) is 77.0. The summed E-state index contributed by atoms with van der Waals surface area (Å²) >= 11 is 0. The van der Waals surface area contributed by atoms with Crippen LogP contribution >= 0.6 is 0 Å². The lowest BCUT2D eigenvalue weighted by Crippen LogP contribution is -2.25. The molecule has 5 aromatic rings. The van der Waals surface area contributed by atoms with Gasteiger partial charge in [-0.05, 0) is 65.7 Å². The molecule has 5 aromatic carbocycles. The van der Waals surface area contributed by atoms with Gasteiger partial charge in [-0.2, -0.15) is 5.26 Å². The summed E-state index contributed by atoms with van der Waals surface area (Å²) in [6.07, 6.45) is 1.17. The van der Waals surface area contributed by atoms with Gasteiger partial charge in [-0.25, -0.2) is 4.79 Å². The Bertz CT molecular complexity index is 2580. The predicted octanol–water partition coefficient (Wildman–Crippen LogP) is 6.86. The van der Waals surface area contributed by atoms with Crippen LogP contribution in [-0.2, 0) is 20.7 Å². The summed E-state index contributed by atoms with van der Waals surface area (Å²) < 4.78 is 15.7. The smallest absolute Gasteiger partial charge is 0.339 e. The molecular formula is C46H40N4O12. The number of ketones is 2. The molecule has 1 atom stereocenters. The molecule has 6 N–H and O–H groups in total. The van der Waals surface area contributed by atoms with Gasteiger partial charge < -0.3 is 45.5 Å². The van der Waals surface area contributed by atoms with Gasteiger partial charge in [-0.15, -0.1) is 0 Å². The molecule has 0 aliphatic rings. The lowest BCUT2D eigenvalue weighted by atomic mass is 9.94. The molecule has 0 fully saturated rings. The zero-order valence-electron chi connectivity index (χ0n) is 33.6. The molecule has 16 nitrogen and oxygen atoms in total. The molecule has 3 amide bonds. The highest BCUT2D eigenvalue weighted by Crippen LogP contribution is 2.40. The van der Waals surface area contributed by atoms with E-state index in [0.29, 0.717) is 11.1 Å². The summed E-state index contributed by atoms with van der Waals surface area (Å²) in [5, 5.41) is 47.6. The van der Waals surface area contributed by atoms with Crippen molar-refractivity contribution in [2.75, 3.05) is 37.3 Å². The molecule has 16 heteroatoms. The first-order chi connectivity index (χ1) is 29.8. The molecule has 0 bridgehead atoms. The Hall–Kier alpha value is -8.45. The summed E-state index contributed by atoms with van der Waals surface area (Å²) in [6, 6.07) is 28.1. The first-order valence-corrected chi connectivity index (χ1v) is 18.7. The third-order valence-corrected chi connectivity index (χ3v) is 9.43. The standard InChI is InChI=1S/C46H40N4O12/c1-60-38(24-26-7-5-4-6-8-26)37(52)23-27-9-11-28(12-10-27)36(51)25-30(21-22-47)44(56)48-31-15-13-29(14-16-31)43(55)49-34-19-17-32(39(53)41(34)61-2)45(57)50-35-20-18-33(46(58)59)40(54)42(35)62-3/h4-20,24,30,53-54H,21,23,25H2,1-3H3,(H,48,56)(H,49,55)(H,50,57)(H,58,59)/b38-24-/t30-/m1/s1. The van der Waals surface area contributed by atoms with Gasteiger partial charge in [-0.1, -0.05) is 54.6 Å². The van der Waals surface area contributed by atoms with E-state index in [1.807, 2.05) is 36.4 Å². The SMILES string of the molecule is CO/C(=C\c1ccccc1)C(=O)Cc1ccc(C(=O)C[C@@H](CC#N)C(=O)Nc2ccc(C(=O)Nc3ccc(C(=O)Nc4ccc(C(=O)O)c(O)c4OC)c(O)c3OC)cc2)cc1.